The van der Waals surface area contributed by atoms with E-state index in [0.717, 1.165) is 38.2 Å². The van der Waals surface area contributed by atoms with Crippen LogP contribution in [0.2, 0.25) is 0 Å². The molecule has 60 heavy (non-hydrogen) atoms. The molecule has 1 aromatic heterocycles. The quantitative estimate of drug-likeness (QED) is 0.162. The minimum atomic E-state index is -2.93. The Morgan fingerprint density at radius 3 is 2.50 bits per heavy atom. The molecule has 324 valence electrons. The Hall–Kier alpha value is -3.38. The molecule has 1 saturated carbocycles. The normalized spacial score (nSPS) is 39.4. The van der Waals surface area contributed by atoms with Crippen LogP contribution >= 0.6 is 22.6 Å². The van der Waals surface area contributed by atoms with Crippen molar-refractivity contribution < 1.29 is 47.2 Å². The van der Waals surface area contributed by atoms with E-state index in [1.165, 1.54) is 21.1 Å². The number of esters is 3. The maximum absolute atomic E-state index is 15.4. The van der Waals surface area contributed by atoms with E-state index in [2.05, 4.69) is 49.5 Å². The van der Waals surface area contributed by atoms with Crippen LogP contribution in [-0.2, 0) is 45.3 Å². The van der Waals surface area contributed by atoms with Crippen LogP contribution in [-0.4, -0.2) is 133 Å². The van der Waals surface area contributed by atoms with Crippen molar-refractivity contribution in [2.75, 3.05) is 54.6 Å². The van der Waals surface area contributed by atoms with Gasteiger partial charge in [-0.15, -0.1) is 0 Å². The number of likely N-dealkylation sites (N-methyl/N-ethyl adjacent to an activating group) is 1. The summed E-state index contributed by atoms with van der Waals surface area (Å²) < 4.78 is 55.7. The Labute approximate surface area is 362 Å². The van der Waals surface area contributed by atoms with Crippen LogP contribution in [0, 0.1) is 32.2 Å². The second-order valence-corrected chi connectivity index (χ2v) is 19.8. The van der Waals surface area contributed by atoms with E-state index in [0.29, 0.717) is 44.7 Å². The van der Waals surface area contributed by atoms with E-state index >= 15 is 13.6 Å². The number of nitrogens with one attached hydrogen (secondary N) is 1. The lowest BCUT2D eigenvalue weighted by Gasteiger charge is -2.63. The number of piperidine rings is 1. The number of alkyl halides is 2. The zero-order valence-corrected chi connectivity index (χ0v) is 37.4. The van der Waals surface area contributed by atoms with Crippen molar-refractivity contribution in [1.82, 2.24) is 19.7 Å². The van der Waals surface area contributed by atoms with Gasteiger partial charge in [-0.1, -0.05) is 25.2 Å². The molecule has 1 spiro atoms. The van der Waals surface area contributed by atoms with E-state index in [-0.39, 0.29) is 31.3 Å². The molecule has 0 amide bonds. The number of nitrogens with zero attached hydrogens (tertiary/aromatic N) is 3. The van der Waals surface area contributed by atoms with Gasteiger partial charge < -0.3 is 33.9 Å². The topological polar surface area (TPSA) is 134 Å². The maximum atomic E-state index is 15.4. The number of carbonyl (C=O) groups is 3. The Morgan fingerprint density at radius 2 is 1.83 bits per heavy atom. The predicted molar refractivity (Wildman–Crippen MR) is 226 cm³/mol. The number of rotatable bonds is 7. The number of allylic oxidation sites excluding steroid dienone is 1. The van der Waals surface area contributed by atoms with Crippen molar-refractivity contribution in [3.63, 3.8) is 0 Å². The molecule has 7 aliphatic rings. The SMILES string of the molecule is CC[C@]12C=CCN3CC[C@@]4(C5=CC([C@@]6(C(=O)OC)C[C@H]7CC(C(C)(F)F)CN(Cc8c6[nH]c6ccc(I)cc86)C7)C(OC)C=C5N(C)[C@H]4[C@@](O)(C(=O)OC)[C@@H]1OC(C)=O)[C@@H]32. The van der Waals surface area contributed by atoms with Crippen LogP contribution in [0.25, 0.3) is 10.9 Å². The van der Waals surface area contributed by atoms with Crippen molar-refractivity contribution in [2.24, 2.45) is 28.6 Å². The van der Waals surface area contributed by atoms with Gasteiger partial charge in [0.05, 0.1) is 26.4 Å². The van der Waals surface area contributed by atoms with Gasteiger partial charge in [0.15, 0.2) is 6.10 Å². The molecular formula is C45H55F2IN4O8. The van der Waals surface area contributed by atoms with Gasteiger partial charge in [-0.2, -0.15) is 0 Å². The third-order valence-electron chi connectivity index (χ3n) is 15.7. The highest BCUT2D eigenvalue weighted by Crippen LogP contribution is 2.70. The average molecular weight is 945 g/mol. The molecule has 1 aromatic carbocycles. The summed E-state index contributed by atoms with van der Waals surface area (Å²) in [4.78, 5) is 52.8. The van der Waals surface area contributed by atoms with Gasteiger partial charge in [0.25, 0.3) is 0 Å². The summed E-state index contributed by atoms with van der Waals surface area (Å²) in [5, 5.41) is 14.2. The van der Waals surface area contributed by atoms with Crippen molar-refractivity contribution >= 4 is 51.4 Å². The van der Waals surface area contributed by atoms with Crippen LogP contribution in [0.15, 0.2) is 53.8 Å². The number of fused-ring (bicyclic) bond motifs is 6. The van der Waals surface area contributed by atoms with E-state index in [1.807, 2.05) is 49.2 Å². The van der Waals surface area contributed by atoms with Gasteiger partial charge in [0, 0.05) is 102 Å². The van der Waals surface area contributed by atoms with Gasteiger partial charge in [0.1, 0.15) is 5.41 Å². The van der Waals surface area contributed by atoms with Gasteiger partial charge in [0.2, 0.25) is 11.5 Å². The summed E-state index contributed by atoms with van der Waals surface area (Å²) in [6.45, 7) is 6.65. The summed E-state index contributed by atoms with van der Waals surface area (Å²) >= 11 is 2.27. The highest BCUT2D eigenvalue weighted by Gasteiger charge is 2.81. The zero-order chi connectivity index (χ0) is 42.9. The minimum absolute atomic E-state index is 0.210. The molecule has 15 heteroatoms. The van der Waals surface area contributed by atoms with E-state index < -0.39 is 75.8 Å². The smallest absolute Gasteiger partial charge is 0.344 e. The number of aromatic amines is 1. The van der Waals surface area contributed by atoms with Gasteiger partial charge in [-0.3, -0.25) is 19.4 Å². The second kappa shape index (κ2) is 14.3. The van der Waals surface area contributed by atoms with Crippen molar-refractivity contribution in [3.8, 4) is 0 Å². The molecular weight excluding hydrogens is 889 g/mol. The maximum Gasteiger partial charge on any atom is 0.344 e. The monoisotopic (exact) mass is 944 g/mol. The Bertz CT molecular complexity index is 2240. The molecule has 5 aliphatic heterocycles. The number of aromatic nitrogens is 1. The Morgan fingerprint density at radius 1 is 1.08 bits per heavy atom. The van der Waals surface area contributed by atoms with Gasteiger partial charge in [-0.05, 0) is 103 Å². The largest absolute Gasteiger partial charge is 0.468 e. The van der Waals surface area contributed by atoms with Crippen LogP contribution in [0.4, 0.5) is 8.78 Å². The van der Waals surface area contributed by atoms with Crippen molar-refractivity contribution in [1.29, 1.82) is 0 Å². The number of hydrogen-bond acceptors (Lipinski definition) is 11. The van der Waals surface area contributed by atoms with Gasteiger partial charge in [-0.25, -0.2) is 13.6 Å². The number of likely N-dealkylation sites (tertiary alicyclic amines) is 1. The first kappa shape index (κ1) is 41.9. The van der Waals surface area contributed by atoms with Crippen LogP contribution in [0.5, 0.6) is 0 Å². The van der Waals surface area contributed by atoms with E-state index in [4.69, 9.17) is 18.9 Å². The first-order valence-corrected chi connectivity index (χ1v) is 22.1. The minimum Gasteiger partial charge on any atom is -0.468 e. The predicted octanol–water partition coefficient (Wildman–Crippen LogP) is 5.33. The zero-order valence-electron chi connectivity index (χ0n) is 35.2. The molecule has 2 N–H and O–H groups in total. The van der Waals surface area contributed by atoms with Crippen LogP contribution in [0.1, 0.15) is 57.7 Å². The fourth-order valence-electron chi connectivity index (χ4n) is 13.7. The number of H-pyrrole nitrogens is 1. The molecule has 4 fully saturated rings. The number of hydrogen-bond donors (Lipinski definition) is 2. The lowest BCUT2D eigenvalue weighted by Crippen LogP contribution is -2.79. The molecule has 12 atom stereocenters. The number of ether oxygens (including phenoxy) is 4. The first-order chi connectivity index (χ1) is 28.5. The number of halogens is 3. The average Bonchev–Trinajstić information content (AvgIpc) is 3.86. The van der Waals surface area contributed by atoms with Crippen molar-refractivity contribution in [2.45, 2.75) is 94.2 Å². The van der Waals surface area contributed by atoms with E-state index in [1.54, 1.807) is 7.11 Å². The Kier molecular flexibility index (Phi) is 10.0. The summed E-state index contributed by atoms with van der Waals surface area (Å²) in [6, 6.07) is 4.79. The molecule has 4 unspecified atom stereocenters. The second-order valence-electron chi connectivity index (χ2n) is 18.5. The molecule has 2 aromatic rings. The fraction of sp³-hybridized carbons (Fsp3) is 0.622. The number of benzene rings is 1. The number of methoxy groups -OCH3 is 3. The summed E-state index contributed by atoms with van der Waals surface area (Å²) in [7, 11) is 6.05. The molecule has 0 radical (unpaired) electrons. The highest BCUT2D eigenvalue weighted by molar-refractivity contribution is 14.1. The Balaban J connectivity index is 1.33. The van der Waals surface area contributed by atoms with Crippen molar-refractivity contribution in [3.05, 3.63) is 68.6 Å². The van der Waals surface area contributed by atoms with E-state index in [9.17, 15) is 14.7 Å². The first-order valence-electron chi connectivity index (χ1n) is 21.0. The number of aliphatic hydroxyl groups is 1. The molecule has 9 rings (SSSR count). The molecule has 2 bridgehead atoms. The lowest BCUT2D eigenvalue weighted by molar-refractivity contribution is -0.243. The standard InChI is InChI=1S/C45H55F2IN4O8/c1-8-42-12-9-14-52-15-13-43(36(42)52)30-18-31(34(57-5)19-33(30)50(4)37(43)45(56,40(55)59-7)38(42)60-24(2)53)44(39(54)58-6)20-25-16-26(41(3,46)47)22-51(21-25)23-29-28-17-27(48)10-11-32(28)49-35(29)44/h9-12,17-19,25-26,31,34,36-38,49,56H,8,13-16,20-23H2,1-7H3/t25-,26?,31?,34?,36+,37-,38-,42-,43-,44+,45+/m1/s1. The summed E-state index contributed by atoms with van der Waals surface area (Å²) in [5.74, 6) is -6.89. The van der Waals surface area contributed by atoms with Gasteiger partial charge >= 0.3 is 17.9 Å². The number of carbonyl (C=O) groups excluding carboxylic acids is 3. The molecule has 3 saturated heterocycles. The molecule has 12 nitrogen and oxygen atoms in total. The summed E-state index contributed by atoms with van der Waals surface area (Å²) in [6.07, 6.45) is 7.57. The fourth-order valence-corrected chi connectivity index (χ4v) is 14.2. The van der Waals surface area contributed by atoms with Crippen LogP contribution in [0.3, 0.4) is 0 Å². The molecule has 2 aliphatic carbocycles. The molecule has 6 heterocycles. The third kappa shape index (κ3) is 5.52. The highest BCUT2D eigenvalue weighted by atomic mass is 127. The van der Waals surface area contributed by atoms with Crippen LogP contribution < -0.4 is 0 Å². The third-order valence-corrected chi connectivity index (χ3v) is 16.4. The summed E-state index contributed by atoms with van der Waals surface area (Å²) in [5.41, 5.74) is -1.75. The lowest BCUT2D eigenvalue weighted by atomic mass is 9.47.